The molecule has 1 N–H and O–H groups in total. The van der Waals surface area contributed by atoms with Crippen molar-refractivity contribution in [3.8, 4) is 5.75 Å². The van der Waals surface area contributed by atoms with Gasteiger partial charge in [0.1, 0.15) is 12.4 Å². The van der Waals surface area contributed by atoms with E-state index in [-0.39, 0.29) is 31.3 Å². The van der Waals surface area contributed by atoms with Gasteiger partial charge in [0.2, 0.25) is 0 Å². The molecule has 0 aliphatic carbocycles. The Labute approximate surface area is 112 Å². The van der Waals surface area contributed by atoms with Crippen LogP contribution in [-0.4, -0.2) is 43.0 Å². The SMILES string of the molecule is CC(C)Oc1ccc(N2C(=O)COCC2CO)cc1. The van der Waals surface area contributed by atoms with Gasteiger partial charge in [-0.3, -0.25) is 4.79 Å². The Morgan fingerprint density at radius 1 is 1.42 bits per heavy atom. The summed E-state index contributed by atoms with van der Waals surface area (Å²) in [5.41, 5.74) is 0.753. The molecule has 1 amide bonds. The van der Waals surface area contributed by atoms with Crippen molar-refractivity contribution in [2.75, 3.05) is 24.7 Å². The molecule has 5 nitrogen and oxygen atoms in total. The first-order valence-electron chi connectivity index (χ1n) is 6.39. The molecular formula is C14H19NO4. The number of anilines is 1. The van der Waals surface area contributed by atoms with Gasteiger partial charge >= 0.3 is 0 Å². The fraction of sp³-hybridized carbons (Fsp3) is 0.500. The predicted molar refractivity (Wildman–Crippen MR) is 71.4 cm³/mol. The first kappa shape index (κ1) is 13.8. The van der Waals surface area contributed by atoms with E-state index in [1.54, 1.807) is 4.90 Å². The van der Waals surface area contributed by atoms with E-state index in [9.17, 15) is 9.90 Å². The lowest BCUT2D eigenvalue weighted by molar-refractivity contribution is -0.128. The molecule has 1 aliphatic heterocycles. The van der Waals surface area contributed by atoms with E-state index >= 15 is 0 Å². The van der Waals surface area contributed by atoms with Gasteiger partial charge in [0.15, 0.2) is 0 Å². The molecule has 0 aromatic heterocycles. The van der Waals surface area contributed by atoms with Crippen LogP contribution in [0.3, 0.4) is 0 Å². The largest absolute Gasteiger partial charge is 0.491 e. The third kappa shape index (κ3) is 3.24. The average molecular weight is 265 g/mol. The second kappa shape index (κ2) is 6.04. The highest BCUT2D eigenvalue weighted by atomic mass is 16.5. The number of hydrogen-bond donors (Lipinski definition) is 1. The van der Waals surface area contributed by atoms with Gasteiger partial charge < -0.3 is 19.5 Å². The number of aliphatic hydroxyl groups is 1. The number of carbonyl (C=O) groups is 1. The fourth-order valence-electron chi connectivity index (χ4n) is 2.08. The van der Waals surface area contributed by atoms with Crippen molar-refractivity contribution in [1.82, 2.24) is 0 Å². The number of carbonyl (C=O) groups excluding carboxylic acids is 1. The summed E-state index contributed by atoms with van der Waals surface area (Å²) in [4.78, 5) is 13.5. The van der Waals surface area contributed by atoms with Crippen molar-refractivity contribution in [2.45, 2.75) is 26.0 Å². The number of hydrogen-bond acceptors (Lipinski definition) is 4. The first-order chi connectivity index (χ1) is 9.11. The number of ether oxygens (including phenoxy) is 2. The molecule has 1 aromatic carbocycles. The van der Waals surface area contributed by atoms with E-state index in [0.29, 0.717) is 6.61 Å². The monoisotopic (exact) mass is 265 g/mol. The maximum absolute atomic E-state index is 11.9. The van der Waals surface area contributed by atoms with Gasteiger partial charge in [-0.2, -0.15) is 0 Å². The summed E-state index contributed by atoms with van der Waals surface area (Å²) in [5.74, 6) is 0.628. The maximum Gasteiger partial charge on any atom is 0.253 e. The van der Waals surface area contributed by atoms with Crippen LogP contribution < -0.4 is 9.64 Å². The zero-order valence-corrected chi connectivity index (χ0v) is 11.2. The van der Waals surface area contributed by atoms with Gasteiger partial charge in [-0.1, -0.05) is 0 Å². The Morgan fingerprint density at radius 3 is 2.68 bits per heavy atom. The summed E-state index contributed by atoms with van der Waals surface area (Å²) in [7, 11) is 0. The van der Waals surface area contributed by atoms with Crippen LogP contribution in [-0.2, 0) is 9.53 Å². The lowest BCUT2D eigenvalue weighted by Crippen LogP contribution is -2.51. The Bertz CT molecular complexity index is 430. The summed E-state index contributed by atoms with van der Waals surface area (Å²) in [6, 6.07) is 6.98. The van der Waals surface area contributed by atoms with Gasteiger partial charge in [0.25, 0.3) is 5.91 Å². The average Bonchev–Trinajstić information content (AvgIpc) is 2.39. The molecule has 104 valence electrons. The lowest BCUT2D eigenvalue weighted by atomic mass is 10.2. The van der Waals surface area contributed by atoms with Crippen molar-refractivity contribution in [2.24, 2.45) is 0 Å². The van der Waals surface area contributed by atoms with Crippen molar-refractivity contribution in [1.29, 1.82) is 0 Å². The van der Waals surface area contributed by atoms with E-state index in [1.807, 2.05) is 38.1 Å². The second-order valence-corrected chi connectivity index (χ2v) is 4.78. The van der Waals surface area contributed by atoms with Crippen LogP contribution in [0.25, 0.3) is 0 Å². The topological polar surface area (TPSA) is 59.0 Å². The van der Waals surface area contributed by atoms with Crippen molar-refractivity contribution in [3.05, 3.63) is 24.3 Å². The Balaban J connectivity index is 2.17. The number of rotatable bonds is 4. The minimum atomic E-state index is -0.321. The molecule has 1 unspecified atom stereocenters. The normalized spacial score (nSPS) is 19.9. The molecule has 0 saturated carbocycles. The summed E-state index contributed by atoms with van der Waals surface area (Å²) in [5, 5.41) is 9.32. The van der Waals surface area contributed by atoms with Crippen molar-refractivity contribution >= 4 is 11.6 Å². The highest BCUT2D eigenvalue weighted by Crippen LogP contribution is 2.24. The van der Waals surface area contributed by atoms with E-state index in [4.69, 9.17) is 9.47 Å². The molecule has 1 aliphatic rings. The standard InChI is InChI=1S/C14H19NO4/c1-10(2)19-13-5-3-11(4-6-13)15-12(7-16)8-18-9-14(15)17/h3-6,10,12,16H,7-9H2,1-2H3. The number of amides is 1. The van der Waals surface area contributed by atoms with Gasteiger partial charge in [-0.25, -0.2) is 0 Å². The van der Waals surface area contributed by atoms with Crippen LogP contribution in [0, 0.1) is 0 Å². The summed E-state index contributed by atoms with van der Waals surface area (Å²) in [6.07, 6.45) is 0.112. The summed E-state index contributed by atoms with van der Waals surface area (Å²) >= 11 is 0. The zero-order chi connectivity index (χ0) is 13.8. The molecule has 0 radical (unpaired) electrons. The predicted octanol–water partition coefficient (Wildman–Crippen LogP) is 1.20. The summed E-state index contributed by atoms with van der Waals surface area (Å²) < 4.78 is 10.7. The quantitative estimate of drug-likeness (QED) is 0.888. The molecule has 1 saturated heterocycles. The maximum atomic E-state index is 11.9. The van der Waals surface area contributed by atoms with Gasteiger partial charge in [0.05, 0.1) is 25.4 Å². The number of morpholine rings is 1. The molecular weight excluding hydrogens is 246 g/mol. The molecule has 5 heteroatoms. The smallest absolute Gasteiger partial charge is 0.253 e. The molecule has 2 rings (SSSR count). The Morgan fingerprint density at radius 2 is 2.11 bits per heavy atom. The molecule has 19 heavy (non-hydrogen) atoms. The number of nitrogens with zero attached hydrogens (tertiary/aromatic N) is 1. The molecule has 1 fully saturated rings. The summed E-state index contributed by atoms with van der Waals surface area (Å²) in [6.45, 7) is 4.21. The van der Waals surface area contributed by atoms with Crippen LogP contribution in [0.2, 0.25) is 0 Å². The third-order valence-electron chi connectivity index (χ3n) is 2.87. The van der Waals surface area contributed by atoms with Gasteiger partial charge in [-0.05, 0) is 38.1 Å². The molecule has 0 spiro atoms. The van der Waals surface area contributed by atoms with E-state index in [1.165, 1.54) is 0 Å². The van der Waals surface area contributed by atoms with E-state index < -0.39 is 0 Å². The van der Waals surface area contributed by atoms with Crippen LogP contribution in [0.5, 0.6) is 5.75 Å². The van der Waals surface area contributed by atoms with Crippen LogP contribution in [0.1, 0.15) is 13.8 Å². The lowest BCUT2D eigenvalue weighted by Gasteiger charge is -2.34. The number of aliphatic hydroxyl groups excluding tert-OH is 1. The Kier molecular flexibility index (Phi) is 4.39. The zero-order valence-electron chi connectivity index (χ0n) is 11.2. The van der Waals surface area contributed by atoms with E-state index in [2.05, 4.69) is 0 Å². The highest BCUT2D eigenvalue weighted by molar-refractivity contribution is 5.95. The second-order valence-electron chi connectivity index (χ2n) is 4.78. The molecule has 1 heterocycles. The van der Waals surface area contributed by atoms with Gasteiger partial charge in [-0.15, -0.1) is 0 Å². The highest BCUT2D eigenvalue weighted by Gasteiger charge is 2.29. The Hall–Kier alpha value is -1.59. The van der Waals surface area contributed by atoms with Crippen molar-refractivity contribution < 1.29 is 19.4 Å². The molecule has 1 aromatic rings. The number of benzene rings is 1. The third-order valence-corrected chi connectivity index (χ3v) is 2.87. The van der Waals surface area contributed by atoms with Crippen LogP contribution in [0.15, 0.2) is 24.3 Å². The fourth-order valence-corrected chi connectivity index (χ4v) is 2.08. The minimum Gasteiger partial charge on any atom is -0.491 e. The molecule has 0 bridgehead atoms. The van der Waals surface area contributed by atoms with Crippen LogP contribution in [0.4, 0.5) is 5.69 Å². The minimum absolute atomic E-state index is 0.0563. The molecule has 1 atom stereocenters. The first-order valence-corrected chi connectivity index (χ1v) is 6.39. The van der Waals surface area contributed by atoms with Gasteiger partial charge in [0, 0.05) is 5.69 Å². The van der Waals surface area contributed by atoms with E-state index in [0.717, 1.165) is 11.4 Å². The van der Waals surface area contributed by atoms with Crippen molar-refractivity contribution in [3.63, 3.8) is 0 Å². The van der Waals surface area contributed by atoms with Crippen LogP contribution >= 0.6 is 0 Å².